The lowest BCUT2D eigenvalue weighted by molar-refractivity contribution is -0.136. The number of nitrogens with zero attached hydrogens (tertiary/aromatic N) is 1. The summed E-state index contributed by atoms with van der Waals surface area (Å²) in [6, 6.07) is 3.69. The van der Waals surface area contributed by atoms with Gasteiger partial charge in [0, 0.05) is 13.3 Å². The van der Waals surface area contributed by atoms with Crippen molar-refractivity contribution in [1.82, 2.24) is 5.43 Å². The highest BCUT2D eigenvalue weighted by Gasteiger charge is 2.08. The minimum Gasteiger partial charge on any atom is -0.481 e. The maximum atomic E-state index is 10.7. The lowest BCUT2D eigenvalue weighted by Crippen LogP contribution is -2.16. The van der Waals surface area contributed by atoms with E-state index in [1.54, 1.807) is 0 Å². The third kappa shape index (κ3) is 4.22. The fraction of sp³-hybridized carbons (Fsp3) is 0.300. The molecule has 0 saturated heterocycles. The number of carbonyl (C=O) groups is 2. The molecule has 1 amide bonds. The summed E-state index contributed by atoms with van der Waals surface area (Å²) in [5, 5.41) is 14.4. The van der Waals surface area contributed by atoms with Gasteiger partial charge in [0.25, 0.3) is 0 Å². The van der Waals surface area contributed by atoms with Gasteiger partial charge >= 0.3 is 5.97 Å². The van der Waals surface area contributed by atoms with Crippen molar-refractivity contribution in [2.45, 2.75) is 19.8 Å². The van der Waals surface area contributed by atoms with E-state index >= 15 is 0 Å². The van der Waals surface area contributed by atoms with E-state index in [0.29, 0.717) is 12.1 Å². The number of hydrazone groups is 1. The van der Waals surface area contributed by atoms with Crippen molar-refractivity contribution in [3.8, 4) is 0 Å². The topological polar surface area (TPSA) is 78.8 Å². The van der Waals surface area contributed by atoms with E-state index in [0.717, 1.165) is 4.88 Å². The number of carboxylic acid groups (broad SMARTS) is 1. The highest BCUT2D eigenvalue weighted by atomic mass is 32.1. The van der Waals surface area contributed by atoms with Crippen molar-refractivity contribution in [3.05, 3.63) is 22.4 Å². The molecular formula is C10H12N2O3S. The van der Waals surface area contributed by atoms with Gasteiger partial charge in [-0.15, -0.1) is 11.3 Å². The quantitative estimate of drug-likeness (QED) is 0.604. The molecule has 0 aliphatic rings. The van der Waals surface area contributed by atoms with E-state index in [-0.39, 0.29) is 12.3 Å². The lowest BCUT2D eigenvalue weighted by Gasteiger charge is -2.02. The van der Waals surface area contributed by atoms with Crippen LogP contribution in [0.2, 0.25) is 0 Å². The standard InChI is InChI=1S/C10H12N2O3S/c1-7(13)11-12-8(4-5-10(14)15)9-3-2-6-16-9/h2-3,6H,4-5H2,1H3,(H,11,13)(H,14,15)/b12-8+. The maximum absolute atomic E-state index is 10.7. The first-order valence-electron chi connectivity index (χ1n) is 4.68. The SMILES string of the molecule is CC(=O)N/N=C(\CCC(=O)O)c1cccs1. The van der Waals surface area contributed by atoms with Crippen molar-refractivity contribution < 1.29 is 14.7 Å². The minimum absolute atomic E-state index is 0.00365. The van der Waals surface area contributed by atoms with Crippen LogP contribution in [0.25, 0.3) is 0 Å². The van der Waals surface area contributed by atoms with Gasteiger partial charge < -0.3 is 5.11 Å². The van der Waals surface area contributed by atoms with Crippen LogP contribution < -0.4 is 5.43 Å². The second-order valence-electron chi connectivity index (χ2n) is 3.10. The Bertz CT molecular complexity index is 398. The summed E-state index contributed by atoms with van der Waals surface area (Å²) < 4.78 is 0. The molecule has 5 nitrogen and oxygen atoms in total. The Morgan fingerprint density at radius 2 is 2.25 bits per heavy atom. The second kappa shape index (κ2) is 6.02. The molecule has 0 saturated carbocycles. The molecule has 1 heterocycles. The Balaban J connectivity index is 2.73. The molecule has 0 bridgehead atoms. The number of hydrogen-bond acceptors (Lipinski definition) is 4. The summed E-state index contributed by atoms with van der Waals surface area (Å²) in [6.07, 6.45) is 0.298. The van der Waals surface area contributed by atoms with Crippen molar-refractivity contribution >= 4 is 28.9 Å². The molecule has 2 N–H and O–H groups in total. The van der Waals surface area contributed by atoms with Crippen LogP contribution in [0.3, 0.4) is 0 Å². The summed E-state index contributed by atoms with van der Waals surface area (Å²) in [5.41, 5.74) is 2.91. The van der Waals surface area contributed by atoms with Gasteiger partial charge in [-0.1, -0.05) is 6.07 Å². The number of hydrogen-bond donors (Lipinski definition) is 2. The van der Waals surface area contributed by atoms with Crippen molar-refractivity contribution in [2.24, 2.45) is 5.10 Å². The van der Waals surface area contributed by atoms with Gasteiger partial charge in [-0.3, -0.25) is 9.59 Å². The van der Waals surface area contributed by atoms with Gasteiger partial charge in [0.15, 0.2) is 0 Å². The van der Waals surface area contributed by atoms with Crippen LogP contribution >= 0.6 is 11.3 Å². The molecular weight excluding hydrogens is 228 g/mol. The molecule has 0 aliphatic carbocycles. The first-order valence-corrected chi connectivity index (χ1v) is 5.56. The molecule has 0 atom stereocenters. The van der Waals surface area contributed by atoms with E-state index in [1.807, 2.05) is 17.5 Å². The zero-order valence-electron chi connectivity index (χ0n) is 8.77. The molecule has 86 valence electrons. The molecule has 0 spiro atoms. The van der Waals surface area contributed by atoms with Crippen LogP contribution in [0.1, 0.15) is 24.6 Å². The second-order valence-corrected chi connectivity index (χ2v) is 4.05. The molecule has 1 aromatic heterocycles. The number of nitrogens with one attached hydrogen (secondary N) is 1. The Morgan fingerprint density at radius 3 is 2.75 bits per heavy atom. The summed E-state index contributed by atoms with van der Waals surface area (Å²) in [5.74, 6) is -1.16. The molecule has 0 fully saturated rings. The first kappa shape index (κ1) is 12.4. The van der Waals surface area contributed by atoms with E-state index in [9.17, 15) is 9.59 Å². The summed E-state index contributed by atoms with van der Waals surface area (Å²) >= 11 is 1.46. The third-order valence-electron chi connectivity index (χ3n) is 1.73. The smallest absolute Gasteiger partial charge is 0.303 e. The predicted octanol–water partition coefficient (Wildman–Crippen LogP) is 1.45. The molecule has 16 heavy (non-hydrogen) atoms. The van der Waals surface area contributed by atoms with Crippen LogP contribution in [-0.2, 0) is 9.59 Å². The number of rotatable bonds is 5. The van der Waals surface area contributed by atoms with Crippen LogP contribution in [0.15, 0.2) is 22.6 Å². The number of carboxylic acids is 1. The van der Waals surface area contributed by atoms with Gasteiger partial charge in [0.1, 0.15) is 0 Å². The Hall–Kier alpha value is -1.69. The van der Waals surface area contributed by atoms with Gasteiger partial charge in [0.2, 0.25) is 5.91 Å². The van der Waals surface area contributed by atoms with Crippen LogP contribution in [0.5, 0.6) is 0 Å². The van der Waals surface area contributed by atoms with E-state index < -0.39 is 5.97 Å². The Morgan fingerprint density at radius 1 is 1.50 bits per heavy atom. The molecule has 1 rings (SSSR count). The van der Waals surface area contributed by atoms with Crippen LogP contribution in [0, 0.1) is 0 Å². The fourth-order valence-corrected chi connectivity index (χ4v) is 1.79. The zero-order valence-corrected chi connectivity index (χ0v) is 9.58. The highest BCUT2D eigenvalue weighted by Crippen LogP contribution is 2.13. The zero-order chi connectivity index (χ0) is 12.0. The van der Waals surface area contributed by atoms with Crippen molar-refractivity contribution in [3.63, 3.8) is 0 Å². The molecule has 0 aliphatic heterocycles. The molecule has 0 unspecified atom stereocenters. The summed E-state index contributed by atoms with van der Waals surface area (Å²) in [6.45, 7) is 1.35. The molecule has 6 heteroatoms. The van der Waals surface area contributed by atoms with Gasteiger partial charge in [-0.05, 0) is 11.4 Å². The molecule has 1 aromatic rings. The number of thiophene rings is 1. The maximum Gasteiger partial charge on any atom is 0.303 e. The van der Waals surface area contributed by atoms with Gasteiger partial charge in [-0.2, -0.15) is 5.10 Å². The number of aliphatic carboxylic acids is 1. The van der Waals surface area contributed by atoms with E-state index in [4.69, 9.17) is 5.11 Å². The highest BCUT2D eigenvalue weighted by molar-refractivity contribution is 7.12. The molecule has 0 radical (unpaired) electrons. The van der Waals surface area contributed by atoms with Crippen LogP contribution in [0.4, 0.5) is 0 Å². The third-order valence-corrected chi connectivity index (χ3v) is 2.65. The van der Waals surface area contributed by atoms with Gasteiger partial charge in [-0.25, -0.2) is 5.43 Å². The molecule has 0 aromatic carbocycles. The summed E-state index contributed by atoms with van der Waals surface area (Å²) in [7, 11) is 0. The van der Waals surface area contributed by atoms with Crippen molar-refractivity contribution in [1.29, 1.82) is 0 Å². The normalized spacial score (nSPS) is 11.2. The Labute approximate surface area is 96.8 Å². The van der Waals surface area contributed by atoms with Gasteiger partial charge in [0.05, 0.1) is 17.0 Å². The average molecular weight is 240 g/mol. The van der Waals surface area contributed by atoms with Crippen molar-refractivity contribution in [2.75, 3.05) is 0 Å². The monoisotopic (exact) mass is 240 g/mol. The minimum atomic E-state index is -0.882. The first-order chi connectivity index (χ1) is 7.59. The number of amides is 1. The van der Waals surface area contributed by atoms with E-state index in [1.165, 1.54) is 18.3 Å². The Kier molecular flexibility index (Phi) is 4.65. The lowest BCUT2D eigenvalue weighted by atomic mass is 10.2. The number of carbonyl (C=O) groups excluding carboxylic acids is 1. The predicted molar refractivity (Wildman–Crippen MR) is 61.5 cm³/mol. The van der Waals surface area contributed by atoms with Crippen LogP contribution in [-0.4, -0.2) is 22.7 Å². The largest absolute Gasteiger partial charge is 0.481 e. The fourth-order valence-electron chi connectivity index (χ4n) is 1.05. The summed E-state index contributed by atoms with van der Waals surface area (Å²) in [4.78, 5) is 22.1. The average Bonchev–Trinajstić information content (AvgIpc) is 2.70. The van der Waals surface area contributed by atoms with E-state index in [2.05, 4.69) is 10.5 Å².